The van der Waals surface area contributed by atoms with Crippen LogP contribution in [0.1, 0.15) is 42.9 Å². The molecule has 0 unspecified atom stereocenters. The highest BCUT2D eigenvalue weighted by Gasteiger charge is 2.27. The van der Waals surface area contributed by atoms with Gasteiger partial charge in [0.1, 0.15) is 27.2 Å². The van der Waals surface area contributed by atoms with Gasteiger partial charge >= 0.3 is 6.11 Å². The largest absolute Gasteiger partial charge is 0.492 e. The van der Waals surface area contributed by atoms with Crippen molar-refractivity contribution in [3.63, 3.8) is 0 Å². The highest BCUT2D eigenvalue weighted by Crippen LogP contribution is 2.29. The number of hydrogen-bond donors (Lipinski definition) is 2. The van der Waals surface area contributed by atoms with Gasteiger partial charge in [0.2, 0.25) is 9.84 Å². The fourth-order valence-corrected chi connectivity index (χ4v) is 5.31. The third-order valence-corrected chi connectivity index (χ3v) is 7.62. The van der Waals surface area contributed by atoms with Crippen molar-refractivity contribution < 1.29 is 36.6 Å². The SMILES string of the molecule is CCOc1cc(CCC(=O)[C@H](CO)c2ccccc2)ccc1S(=O)(=O)C(=N)Cc1cccc(OC(C)(F)F)c1. The number of Topliss-reactive ketones (excluding diaryl/α,β-unsaturated/α-hetero) is 1. The second kappa shape index (κ2) is 12.9. The Balaban J connectivity index is 1.76. The molecule has 0 aliphatic heterocycles. The van der Waals surface area contributed by atoms with E-state index in [0.29, 0.717) is 24.5 Å². The molecule has 208 valence electrons. The first-order chi connectivity index (χ1) is 18.4. The second-order valence-corrected chi connectivity index (χ2v) is 10.9. The summed E-state index contributed by atoms with van der Waals surface area (Å²) in [6, 6.07) is 19.0. The lowest BCUT2D eigenvalue weighted by atomic mass is 9.92. The average molecular weight is 560 g/mol. The van der Waals surface area contributed by atoms with Crippen molar-refractivity contribution in [3.05, 3.63) is 89.5 Å². The van der Waals surface area contributed by atoms with Crippen molar-refractivity contribution in [3.8, 4) is 11.5 Å². The molecule has 1 atom stereocenters. The van der Waals surface area contributed by atoms with Crippen LogP contribution in [-0.4, -0.2) is 43.7 Å². The number of aryl methyl sites for hydroxylation is 1. The summed E-state index contributed by atoms with van der Waals surface area (Å²) in [5.41, 5.74) is 1.70. The maximum absolute atomic E-state index is 13.3. The third-order valence-electron chi connectivity index (χ3n) is 5.92. The van der Waals surface area contributed by atoms with Gasteiger partial charge in [-0.2, -0.15) is 8.78 Å². The zero-order valence-corrected chi connectivity index (χ0v) is 22.5. The molecule has 2 N–H and O–H groups in total. The lowest BCUT2D eigenvalue weighted by Gasteiger charge is -2.16. The molecule has 0 bridgehead atoms. The smallest absolute Gasteiger partial charge is 0.394 e. The van der Waals surface area contributed by atoms with E-state index in [-0.39, 0.29) is 48.2 Å². The number of rotatable bonds is 13. The van der Waals surface area contributed by atoms with E-state index in [0.717, 1.165) is 5.56 Å². The Bertz CT molecular complexity index is 1400. The minimum absolute atomic E-state index is 0.0525. The normalized spacial score (nSPS) is 12.5. The molecule has 3 aromatic carbocycles. The van der Waals surface area contributed by atoms with Crippen LogP contribution in [0.4, 0.5) is 8.78 Å². The van der Waals surface area contributed by atoms with E-state index in [9.17, 15) is 27.1 Å². The molecule has 3 aromatic rings. The van der Waals surface area contributed by atoms with Crippen molar-refractivity contribution in [2.75, 3.05) is 13.2 Å². The van der Waals surface area contributed by atoms with Crippen LogP contribution in [0, 0.1) is 5.41 Å². The Morgan fingerprint density at radius 2 is 1.74 bits per heavy atom. The molecule has 0 aliphatic carbocycles. The second-order valence-electron chi connectivity index (χ2n) is 8.99. The Labute approximate surface area is 226 Å². The van der Waals surface area contributed by atoms with Crippen LogP contribution < -0.4 is 9.47 Å². The first-order valence-electron chi connectivity index (χ1n) is 12.4. The maximum Gasteiger partial charge on any atom is 0.394 e. The molecule has 0 radical (unpaired) electrons. The molecule has 0 amide bonds. The number of ether oxygens (including phenoxy) is 2. The summed E-state index contributed by atoms with van der Waals surface area (Å²) in [4.78, 5) is 12.6. The van der Waals surface area contributed by atoms with Gasteiger partial charge in [-0.3, -0.25) is 10.2 Å². The van der Waals surface area contributed by atoms with Crippen LogP contribution >= 0.6 is 0 Å². The lowest BCUT2D eigenvalue weighted by Crippen LogP contribution is -2.20. The summed E-state index contributed by atoms with van der Waals surface area (Å²) in [6.45, 7) is 2.14. The highest BCUT2D eigenvalue weighted by molar-refractivity contribution is 8.06. The van der Waals surface area contributed by atoms with E-state index < -0.39 is 26.9 Å². The number of aliphatic hydroxyl groups excluding tert-OH is 1. The van der Waals surface area contributed by atoms with E-state index in [1.165, 1.54) is 36.4 Å². The molecule has 0 aliphatic rings. The molecule has 7 nitrogen and oxygen atoms in total. The van der Waals surface area contributed by atoms with Gasteiger partial charge in [0.15, 0.2) is 0 Å². The summed E-state index contributed by atoms with van der Waals surface area (Å²) in [5, 5.41) is 17.4. The lowest BCUT2D eigenvalue weighted by molar-refractivity contribution is -0.159. The van der Waals surface area contributed by atoms with Crippen LogP contribution in [0.2, 0.25) is 0 Å². The molecule has 0 saturated carbocycles. The number of ketones is 1. The molecule has 3 rings (SSSR count). The van der Waals surface area contributed by atoms with Gasteiger partial charge in [0.05, 0.1) is 19.1 Å². The Morgan fingerprint density at radius 1 is 1.03 bits per heavy atom. The number of benzene rings is 3. The van der Waals surface area contributed by atoms with Crippen molar-refractivity contribution in [2.24, 2.45) is 0 Å². The summed E-state index contributed by atoms with van der Waals surface area (Å²) in [6.07, 6.45) is -3.31. The van der Waals surface area contributed by atoms with Crippen LogP contribution in [0.15, 0.2) is 77.7 Å². The molecule has 0 heterocycles. The van der Waals surface area contributed by atoms with Gasteiger partial charge in [0, 0.05) is 19.8 Å². The zero-order chi connectivity index (χ0) is 28.6. The summed E-state index contributed by atoms with van der Waals surface area (Å²) in [7, 11) is -4.27. The van der Waals surface area contributed by atoms with Gasteiger partial charge in [0.25, 0.3) is 0 Å². The maximum atomic E-state index is 13.3. The van der Waals surface area contributed by atoms with E-state index in [1.807, 2.05) is 6.07 Å². The van der Waals surface area contributed by atoms with Crippen molar-refractivity contribution in [1.82, 2.24) is 0 Å². The number of carbonyl (C=O) groups is 1. The molecule has 0 fully saturated rings. The predicted molar refractivity (Wildman–Crippen MR) is 144 cm³/mol. The van der Waals surface area contributed by atoms with Crippen LogP contribution in [-0.2, 0) is 27.5 Å². The number of aliphatic hydroxyl groups is 1. The first kappa shape index (κ1) is 29.9. The number of nitrogens with one attached hydrogen (secondary N) is 1. The Kier molecular flexibility index (Phi) is 9.93. The van der Waals surface area contributed by atoms with E-state index in [1.54, 1.807) is 37.3 Å². The minimum atomic E-state index is -4.27. The van der Waals surface area contributed by atoms with E-state index in [4.69, 9.17) is 10.1 Å². The number of halogens is 2. The molecule has 10 heteroatoms. The van der Waals surface area contributed by atoms with Gasteiger partial charge in [-0.05, 0) is 54.3 Å². The average Bonchev–Trinajstić information content (AvgIpc) is 2.88. The monoisotopic (exact) mass is 559 g/mol. The number of alkyl halides is 2. The molecular formula is C29H31F2NO6S. The zero-order valence-electron chi connectivity index (χ0n) is 21.7. The topological polar surface area (TPSA) is 114 Å². The molecular weight excluding hydrogens is 528 g/mol. The minimum Gasteiger partial charge on any atom is -0.492 e. The number of hydrogen-bond acceptors (Lipinski definition) is 7. The van der Waals surface area contributed by atoms with E-state index >= 15 is 0 Å². The number of carbonyl (C=O) groups excluding carboxylic acids is 1. The Hall–Kier alpha value is -3.63. The standard InChI is InChI=1S/C29H31F2NO6S/c1-3-37-26-17-20(12-14-25(34)24(19-33)22-9-5-4-6-10-22)13-15-27(26)39(35,36)28(32)18-21-8-7-11-23(16-21)38-29(2,30)31/h4-11,13,15-17,24,32-33H,3,12,14,18-19H2,1-2H3/t24-/m1/s1. The summed E-state index contributed by atoms with van der Waals surface area (Å²) < 4.78 is 63.0. The van der Waals surface area contributed by atoms with Gasteiger partial charge in [-0.1, -0.05) is 48.5 Å². The molecule has 0 spiro atoms. The Morgan fingerprint density at radius 3 is 2.38 bits per heavy atom. The molecule has 0 saturated heterocycles. The van der Waals surface area contributed by atoms with Crippen molar-refractivity contribution in [2.45, 2.75) is 50.0 Å². The fraction of sp³-hybridized carbons (Fsp3) is 0.310. The summed E-state index contributed by atoms with van der Waals surface area (Å²) in [5.74, 6) is -0.885. The predicted octanol–water partition coefficient (Wildman–Crippen LogP) is 5.35. The quantitative estimate of drug-likeness (QED) is 0.216. The number of sulfone groups is 1. The van der Waals surface area contributed by atoms with Crippen molar-refractivity contribution >= 4 is 20.7 Å². The van der Waals surface area contributed by atoms with Crippen LogP contribution in [0.5, 0.6) is 11.5 Å². The van der Waals surface area contributed by atoms with Crippen LogP contribution in [0.3, 0.4) is 0 Å². The fourth-order valence-electron chi connectivity index (χ4n) is 4.06. The summed E-state index contributed by atoms with van der Waals surface area (Å²) >= 11 is 0. The third kappa shape index (κ3) is 8.18. The van der Waals surface area contributed by atoms with Crippen molar-refractivity contribution in [1.29, 1.82) is 5.41 Å². The van der Waals surface area contributed by atoms with Gasteiger partial charge in [-0.25, -0.2) is 8.42 Å². The van der Waals surface area contributed by atoms with Gasteiger partial charge in [-0.15, -0.1) is 0 Å². The molecule has 0 aromatic heterocycles. The van der Waals surface area contributed by atoms with Crippen LogP contribution in [0.25, 0.3) is 0 Å². The molecule has 39 heavy (non-hydrogen) atoms. The van der Waals surface area contributed by atoms with Gasteiger partial charge < -0.3 is 14.6 Å². The van der Waals surface area contributed by atoms with E-state index in [2.05, 4.69) is 4.74 Å². The first-order valence-corrected chi connectivity index (χ1v) is 13.9. The highest BCUT2D eigenvalue weighted by atomic mass is 32.2.